The van der Waals surface area contributed by atoms with Crippen LogP contribution in [-0.2, 0) is 0 Å². The van der Waals surface area contributed by atoms with Crippen LogP contribution in [0.1, 0.15) is 19.8 Å². The molecule has 0 radical (unpaired) electrons. The lowest BCUT2D eigenvalue weighted by molar-refractivity contribution is 0.265. The van der Waals surface area contributed by atoms with E-state index in [-0.39, 0.29) is 0 Å². The summed E-state index contributed by atoms with van der Waals surface area (Å²) in [5, 5.41) is 3.50. The fraction of sp³-hybridized carbons (Fsp3) is 0.667. The maximum Gasteiger partial charge on any atom is 0.0135 e. The summed E-state index contributed by atoms with van der Waals surface area (Å²) in [5.41, 5.74) is 0. The van der Waals surface area contributed by atoms with Crippen LogP contribution < -0.4 is 5.32 Å². The standard InChI is InChI=1S/C12H18BrN/c1-9-7-11(13)4-5-12(9)10-3-2-6-14-8-10/h4-5,7,9-10,12,14H,2-3,6,8H2,1H3/t9?,10-,12?/m1/s1. The van der Waals surface area contributed by atoms with E-state index in [1.165, 1.54) is 30.4 Å². The fourth-order valence-corrected chi connectivity index (χ4v) is 3.16. The summed E-state index contributed by atoms with van der Waals surface area (Å²) in [4.78, 5) is 0. The number of rotatable bonds is 1. The van der Waals surface area contributed by atoms with E-state index in [9.17, 15) is 0 Å². The van der Waals surface area contributed by atoms with E-state index in [1.807, 2.05) is 0 Å². The highest BCUT2D eigenvalue weighted by Crippen LogP contribution is 2.33. The van der Waals surface area contributed by atoms with Gasteiger partial charge >= 0.3 is 0 Å². The molecule has 2 unspecified atom stereocenters. The number of halogens is 1. The molecule has 14 heavy (non-hydrogen) atoms. The first-order chi connectivity index (χ1) is 6.77. The Morgan fingerprint density at radius 3 is 3.00 bits per heavy atom. The average Bonchev–Trinajstić information content (AvgIpc) is 2.19. The third kappa shape index (κ3) is 2.29. The highest BCUT2D eigenvalue weighted by molar-refractivity contribution is 9.11. The van der Waals surface area contributed by atoms with Crippen LogP contribution in [0.15, 0.2) is 22.7 Å². The number of hydrogen-bond donors (Lipinski definition) is 1. The molecule has 0 amide bonds. The molecule has 3 atom stereocenters. The SMILES string of the molecule is CC1C=C(Br)C=CC1[C@@H]1CCCNC1. The molecule has 1 aliphatic carbocycles. The first kappa shape index (κ1) is 10.4. The van der Waals surface area contributed by atoms with Crippen LogP contribution in [0.4, 0.5) is 0 Å². The van der Waals surface area contributed by atoms with E-state index in [0.717, 1.165) is 11.8 Å². The van der Waals surface area contributed by atoms with Crippen molar-refractivity contribution in [3.05, 3.63) is 22.7 Å². The van der Waals surface area contributed by atoms with Gasteiger partial charge in [0.25, 0.3) is 0 Å². The van der Waals surface area contributed by atoms with Gasteiger partial charge in [0.1, 0.15) is 0 Å². The quantitative estimate of drug-likeness (QED) is 0.760. The molecule has 0 spiro atoms. The Hall–Kier alpha value is -0.0800. The first-order valence-corrected chi connectivity index (χ1v) is 6.33. The summed E-state index contributed by atoms with van der Waals surface area (Å²) < 4.78 is 1.24. The topological polar surface area (TPSA) is 12.0 Å². The lowest BCUT2D eigenvalue weighted by Gasteiger charge is -2.33. The number of piperidine rings is 1. The average molecular weight is 256 g/mol. The van der Waals surface area contributed by atoms with E-state index >= 15 is 0 Å². The zero-order valence-corrected chi connectivity index (χ0v) is 10.3. The van der Waals surface area contributed by atoms with Crippen molar-refractivity contribution in [1.29, 1.82) is 0 Å². The summed E-state index contributed by atoms with van der Waals surface area (Å²) in [6.07, 6.45) is 9.65. The molecule has 1 nitrogen and oxygen atoms in total. The van der Waals surface area contributed by atoms with Crippen molar-refractivity contribution >= 4 is 15.9 Å². The fourth-order valence-electron chi connectivity index (χ4n) is 2.59. The van der Waals surface area contributed by atoms with Crippen LogP contribution in [0.25, 0.3) is 0 Å². The van der Waals surface area contributed by atoms with Crippen molar-refractivity contribution in [1.82, 2.24) is 5.32 Å². The largest absolute Gasteiger partial charge is 0.316 e. The molecular formula is C12H18BrN. The summed E-state index contributed by atoms with van der Waals surface area (Å²) in [5.74, 6) is 2.26. The molecule has 2 rings (SSSR count). The minimum absolute atomic E-state index is 0.680. The molecule has 0 aromatic heterocycles. The predicted molar refractivity (Wildman–Crippen MR) is 64.4 cm³/mol. The van der Waals surface area contributed by atoms with Crippen LogP contribution in [0.3, 0.4) is 0 Å². The van der Waals surface area contributed by atoms with Crippen LogP contribution in [0.2, 0.25) is 0 Å². The second kappa shape index (κ2) is 4.63. The van der Waals surface area contributed by atoms with Crippen molar-refractivity contribution in [3.63, 3.8) is 0 Å². The number of nitrogens with one attached hydrogen (secondary N) is 1. The Bertz CT molecular complexity index is 251. The Kier molecular flexibility index (Phi) is 3.45. The highest BCUT2D eigenvalue weighted by Gasteiger charge is 2.26. The van der Waals surface area contributed by atoms with E-state index in [2.05, 4.69) is 46.4 Å². The predicted octanol–water partition coefficient (Wildman–Crippen LogP) is 3.09. The second-order valence-corrected chi connectivity index (χ2v) is 5.37. The monoisotopic (exact) mass is 255 g/mol. The van der Waals surface area contributed by atoms with E-state index < -0.39 is 0 Å². The van der Waals surface area contributed by atoms with E-state index in [4.69, 9.17) is 0 Å². The van der Waals surface area contributed by atoms with Crippen LogP contribution >= 0.6 is 15.9 Å². The van der Waals surface area contributed by atoms with Gasteiger partial charge in [-0.2, -0.15) is 0 Å². The van der Waals surface area contributed by atoms with Gasteiger partial charge in [0.15, 0.2) is 0 Å². The molecule has 1 heterocycles. The molecule has 0 saturated carbocycles. The lowest BCUT2D eigenvalue weighted by atomic mass is 9.77. The minimum Gasteiger partial charge on any atom is -0.316 e. The van der Waals surface area contributed by atoms with Crippen LogP contribution in [0, 0.1) is 17.8 Å². The zero-order valence-electron chi connectivity index (χ0n) is 8.67. The molecule has 1 N–H and O–H groups in total. The Morgan fingerprint density at radius 1 is 1.50 bits per heavy atom. The third-order valence-corrected chi connectivity index (χ3v) is 3.91. The minimum atomic E-state index is 0.680. The second-order valence-electron chi connectivity index (χ2n) is 4.45. The molecule has 2 aliphatic rings. The van der Waals surface area contributed by atoms with Crippen molar-refractivity contribution in [2.24, 2.45) is 17.8 Å². The van der Waals surface area contributed by atoms with Crippen LogP contribution in [0.5, 0.6) is 0 Å². The maximum atomic E-state index is 3.54. The Balaban J connectivity index is 2.01. The molecule has 0 bridgehead atoms. The van der Waals surface area contributed by atoms with Gasteiger partial charge < -0.3 is 5.32 Å². The lowest BCUT2D eigenvalue weighted by Crippen LogP contribution is -2.35. The van der Waals surface area contributed by atoms with Crippen molar-refractivity contribution < 1.29 is 0 Å². The molecule has 1 saturated heterocycles. The highest BCUT2D eigenvalue weighted by atomic mass is 79.9. The van der Waals surface area contributed by atoms with Gasteiger partial charge in [0.2, 0.25) is 0 Å². The van der Waals surface area contributed by atoms with Crippen molar-refractivity contribution in [3.8, 4) is 0 Å². The van der Waals surface area contributed by atoms with E-state index in [0.29, 0.717) is 5.92 Å². The molecule has 78 valence electrons. The van der Waals surface area contributed by atoms with Gasteiger partial charge in [-0.05, 0) is 43.7 Å². The Labute approximate surface area is 94.8 Å². The summed E-state index contributed by atoms with van der Waals surface area (Å²) in [6, 6.07) is 0. The van der Waals surface area contributed by atoms with E-state index in [1.54, 1.807) is 0 Å². The van der Waals surface area contributed by atoms with Gasteiger partial charge in [-0.15, -0.1) is 0 Å². The number of allylic oxidation sites excluding steroid dienone is 4. The number of hydrogen-bond acceptors (Lipinski definition) is 1. The van der Waals surface area contributed by atoms with Crippen molar-refractivity contribution in [2.45, 2.75) is 19.8 Å². The maximum absolute atomic E-state index is 3.54. The summed E-state index contributed by atoms with van der Waals surface area (Å²) >= 11 is 3.54. The van der Waals surface area contributed by atoms with Gasteiger partial charge in [-0.1, -0.05) is 41.1 Å². The summed E-state index contributed by atoms with van der Waals surface area (Å²) in [6.45, 7) is 4.73. The zero-order chi connectivity index (χ0) is 9.97. The van der Waals surface area contributed by atoms with Gasteiger partial charge in [0, 0.05) is 4.48 Å². The van der Waals surface area contributed by atoms with Crippen LogP contribution in [-0.4, -0.2) is 13.1 Å². The molecule has 0 aromatic carbocycles. The smallest absolute Gasteiger partial charge is 0.0135 e. The van der Waals surface area contributed by atoms with Gasteiger partial charge in [0.05, 0.1) is 0 Å². The molecule has 1 aliphatic heterocycles. The molecule has 2 heteroatoms. The third-order valence-electron chi connectivity index (χ3n) is 3.39. The van der Waals surface area contributed by atoms with Crippen molar-refractivity contribution in [2.75, 3.05) is 13.1 Å². The molecule has 0 aromatic rings. The summed E-state index contributed by atoms with van der Waals surface area (Å²) in [7, 11) is 0. The first-order valence-electron chi connectivity index (χ1n) is 5.53. The normalized spacial score (nSPS) is 38.1. The molecule has 1 fully saturated rings. The molecular weight excluding hydrogens is 238 g/mol. The Morgan fingerprint density at radius 2 is 2.36 bits per heavy atom. The van der Waals surface area contributed by atoms with Gasteiger partial charge in [-0.25, -0.2) is 0 Å². The van der Waals surface area contributed by atoms with Gasteiger partial charge in [-0.3, -0.25) is 0 Å².